The number of aryl methyl sites for hydroxylation is 1. The van der Waals surface area contributed by atoms with Gasteiger partial charge in [0.05, 0.1) is 19.5 Å². The first-order valence-electron chi connectivity index (χ1n) is 12.9. The molecular formula is C26H37NO10. The number of esters is 1. The van der Waals surface area contributed by atoms with Crippen LogP contribution in [-0.2, 0) is 20.7 Å². The Labute approximate surface area is 215 Å². The number of aliphatic hydroxyl groups is 4. The summed E-state index contributed by atoms with van der Waals surface area (Å²) in [6, 6.07) is 4.03. The predicted octanol–water partition coefficient (Wildman–Crippen LogP) is 1.02. The van der Waals surface area contributed by atoms with E-state index in [0.717, 1.165) is 18.2 Å². The van der Waals surface area contributed by atoms with Gasteiger partial charge in [-0.1, -0.05) is 12.8 Å². The Balaban J connectivity index is 1.61. The van der Waals surface area contributed by atoms with E-state index in [4.69, 9.17) is 23.4 Å². The van der Waals surface area contributed by atoms with Crippen molar-refractivity contribution >= 4 is 16.9 Å². The Hall–Kier alpha value is -2.41. The lowest BCUT2D eigenvalue weighted by Gasteiger charge is -2.39. The maximum Gasteiger partial charge on any atom is 0.306 e. The molecule has 0 radical (unpaired) electrons. The fourth-order valence-electron chi connectivity index (χ4n) is 4.86. The molecule has 5 atom stereocenters. The zero-order chi connectivity index (χ0) is 26.4. The summed E-state index contributed by atoms with van der Waals surface area (Å²) in [5, 5.41) is 44.7. The Kier molecular flexibility index (Phi) is 9.63. The smallest absolute Gasteiger partial charge is 0.306 e. The SMILES string of the molecule is CCOC(=O)CCc1cc2ccoc2c(OCCNC2CCCC2)c1O[C@H]1O[C@H](CO)[C@@H](O)[C@H](O)[C@H]1O. The van der Waals surface area contributed by atoms with Gasteiger partial charge in [0, 0.05) is 24.4 Å². The highest BCUT2D eigenvalue weighted by Gasteiger charge is 2.45. The topological polar surface area (TPSA) is 160 Å². The highest BCUT2D eigenvalue weighted by molar-refractivity contribution is 5.87. The number of nitrogens with one attached hydrogen (secondary N) is 1. The number of rotatable bonds is 12. The van der Waals surface area contributed by atoms with Crippen molar-refractivity contribution in [3.63, 3.8) is 0 Å². The Morgan fingerprint density at radius 3 is 2.65 bits per heavy atom. The molecule has 2 heterocycles. The lowest BCUT2D eigenvalue weighted by molar-refractivity contribution is -0.277. The molecule has 11 heteroatoms. The molecule has 0 amide bonds. The molecule has 1 aliphatic heterocycles. The fraction of sp³-hybridized carbons (Fsp3) is 0.654. The predicted molar refractivity (Wildman–Crippen MR) is 131 cm³/mol. The van der Waals surface area contributed by atoms with E-state index in [1.54, 1.807) is 19.1 Å². The first-order chi connectivity index (χ1) is 17.9. The molecule has 2 fully saturated rings. The monoisotopic (exact) mass is 523 g/mol. The Bertz CT molecular complexity index is 1020. The molecule has 2 aliphatic rings. The van der Waals surface area contributed by atoms with Crippen molar-refractivity contribution in [3.8, 4) is 11.5 Å². The van der Waals surface area contributed by atoms with E-state index in [0.29, 0.717) is 30.3 Å². The van der Waals surface area contributed by atoms with Gasteiger partial charge in [-0.05, 0) is 43.9 Å². The number of carbonyl (C=O) groups excluding carboxylic acids is 1. The van der Waals surface area contributed by atoms with E-state index >= 15 is 0 Å². The van der Waals surface area contributed by atoms with Crippen molar-refractivity contribution in [1.29, 1.82) is 0 Å². The quantitative estimate of drug-likeness (QED) is 0.200. The fourth-order valence-corrected chi connectivity index (χ4v) is 4.86. The van der Waals surface area contributed by atoms with E-state index < -0.39 is 37.3 Å². The number of hydrogen-bond donors (Lipinski definition) is 5. The van der Waals surface area contributed by atoms with Gasteiger partial charge in [-0.2, -0.15) is 0 Å². The molecule has 37 heavy (non-hydrogen) atoms. The van der Waals surface area contributed by atoms with Gasteiger partial charge in [0.2, 0.25) is 12.0 Å². The molecular weight excluding hydrogens is 486 g/mol. The third-order valence-corrected chi connectivity index (χ3v) is 6.85. The van der Waals surface area contributed by atoms with E-state index in [9.17, 15) is 25.2 Å². The molecule has 1 aliphatic carbocycles. The summed E-state index contributed by atoms with van der Waals surface area (Å²) >= 11 is 0. The van der Waals surface area contributed by atoms with E-state index in [1.165, 1.54) is 19.1 Å². The number of carbonyl (C=O) groups is 1. The second-order valence-electron chi connectivity index (χ2n) is 9.44. The van der Waals surface area contributed by atoms with Crippen LogP contribution in [0.25, 0.3) is 11.0 Å². The van der Waals surface area contributed by atoms with Crippen molar-refractivity contribution in [2.24, 2.45) is 0 Å². The normalized spacial score (nSPS) is 26.5. The van der Waals surface area contributed by atoms with Crippen LogP contribution in [-0.4, -0.2) is 89.5 Å². The van der Waals surface area contributed by atoms with E-state index in [-0.39, 0.29) is 36.9 Å². The zero-order valence-corrected chi connectivity index (χ0v) is 21.0. The highest BCUT2D eigenvalue weighted by atomic mass is 16.7. The Morgan fingerprint density at radius 2 is 1.92 bits per heavy atom. The van der Waals surface area contributed by atoms with Crippen LogP contribution in [0.1, 0.15) is 44.6 Å². The molecule has 206 valence electrons. The largest absolute Gasteiger partial charge is 0.485 e. The number of fused-ring (bicyclic) bond motifs is 1. The maximum absolute atomic E-state index is 12.1. The van der Waals surface area contributed by atoms with Gasteiger partial charge in [0.1, 0.15) is 31.0 Å². The van der Waals surface area contributed by atoms with Gasteiger partial charge >= 0.3 is 5.97 Å². The molecule has 0 spiro atoms. The molecule has 1 aromatic heterocycles. The Morgan fingerprint density at radius 1 is 1.14 bits per heavy atom. The van der Waals surface area contributed by atoms with E-state index in [1.807, 2.05) is 0 Å². The summed E-state index contributed by atoms with van der Waals surface area (Å²) in [7, 11) is 0. The molecule has 1 saturated carbocycles. The second-order valence-corrected chi connectivity index (χ2v) is 9.44. The minimum Gasteiger partial charge on any atom is -0.485 e. The summed E-state index contributed by atoms with van der Waals surface area (Å²) < 4.78 is 28.5. The zero-order valence-electron chi connectivity index (χ0n) is 21.0. The first-order valence-corrected chi connectivity index (χ1v) is 12.9. The summed E-state index contributed by atoms with van der Waals surface area (Å²) in [6.45, 7) is 2.30. The van der Waals surface area contributed by atoms with E-state index in [2.05, 4.69) is 5.32 Å². The van der Waals surface area contributed by atoms with Crippen molar-refractivity contribution < 1.29 is 48.6 Å². The van der Waals surface area contributed by atoms with Gasteiger partial charge in [-0.25, -0.2) is 0 Å². The van der Waals surface area contributed by atoms with Gasteiger partial charge in [0.25, 0.3) is 0 Å². The summed E-state index contributed by atoms with van der Waals surface area (Å²) in [5.41, 5.74) is 0.998. The molecule has 1 saturated heterocycles. The number of furan rings is 1. The maximum atomic E-state index is 12.1. The molecule has 1 aromatic carbocycles. The van der Waals surface area contributed by atoms with Crippen molar-refractivity contribution in [3.05, 3.63) is 24.0 Å². The lowest BCUT2D eigenvalue weighted by atomic mass is 9.99. The minimum atomic E-state index is -1.61. The number of aliphatic hydroxyl groups excluding tert-OH is 4. The molecule has 0 unspecified atom stereocenters. The molecule has 2 aromatic rings. The third kappa shape index (κ3) is 6.54. The number of hydrogen-bond acceptors (Lipinski definition) is 11. The van der Waals surface area contributed by atoms with Crippen molar-refractivity contribution in [1.82, 2.24) is 5.32 Å². The van der Waals surface area contributed by atoms with Crippen molar-refractivity contribution in [2.45, 2.75) is 82.2 Å². The van der Waals surface area contributed by atoms with Crippen LogP contribution in [0, 0.1) is 0 Å². The number of benzene rings is 1. The summed E-state index contributed by atoms with van der Waals surface area (Å²) in [5.74, 6) is 0.0697. The average Bonchev–Trinajstić information content (AvgIpc) is 3.58. The minimum absolute atomic E-state index is 0.0743. The van der Waals surface area contributed by atoms with Gasteiger partial charge in [0.15, 0.2) is 11.3 Å². The molecule has 11 nitrogen and oxygen atoms in total. The standard InChI is InChI=1S/C26H37NO10/c1-2-33-19(29)8-7-15-13-16-9-11-34-23(16)25(35-12-10-27-17-5-3-4-6-17)24(15)37-26-22(32)21(31)20(30)18(14-28)36-26/h9,11,13,17-18,20-22,26-28,30-32H,2-8,10,12,14H2,1H3/t18-,20-,21+,22-,26-/m1/s1. The van der Waals surface area contributed by atoms with Crippen LogP contribution in [0.4, 0.5) is 0 Å². The molecule has 0 bridgehead atoms. The van der Waals surface area contributed by atoms with Gasteiger partial charge in [-0.3, -0.25) is 4.79 Å². The van der Waals surface area contributed by atoms with Crippen LogP contribution in [0.2, 0.25) is 0 Å². The lowest BCUT2D eigenvalue weighted by Crippen LogP contribution is -2.60. The van der Waals surface area contributed by atoms with Crippen LogP contribution in [0.3, 0.4) is 0 Å². The summed E-state index contributed by atoms with van der Waals surface area (Å²) in [4.78, 5) is 12.1. The third-order valence-electron chi connectivity index (χ3n) is 6.85. The molecule has 5 N–H and O–H groups in total. The number of ether oxygens (including phenoxy) is 4. The van der Waals surface area contributed by atoms with Crippen LogP contribution in [0.5, 0.6) is 11.5 Å². The second kappa shape index (κ2) is 12.9. The summed E-state index contributed by atoms with van der Waals surface area (Å²) in [6.07, 6.45) is -0.777. The van der Waals surface area contributed by atoms with Crippen LogP contribution < -0.4 is 14.8 Å². The van der Waals surface area contributed by atoms with Crippen LogP contribution in [0.15, 0.2) is 22.8 Å². The molecule has 4 rings (SSSR count). The average molecular weight is 524 g/mol. The van der Waals surface area contributed by atoms with Gasteiger partial charge in [-0.15, -0.1) is 0 Å². The van der Waals surface area contributed by atoms with Crippen molar-refractivity contribution in [2.75, 3.05) is 26.4 Å². The first kappa shape index (κ1) is 27.6. The van der Waals surface area contributed by atoms with Gasteiger partial charge < -0.3 is 49.1 Å². The highest BCUT2D eigenvalue weighted by Crippen LogP contribution is 2.42. The van der Waals surface area contributed by atoms with Crippen LogP contribution >= 0.6 is 0 Å².